The van der Waals surface area contributed by atoms with Crippen LogP contribution in [0.5, 0.6) is 5.75 Å². The summed E-state index contributed by atoms with van der Waals surface area (Å²) in [7, 11) is 1.44. The SMILES string of the molecule is Cn1nc(C(F)(F)F)c2c1CN(C(=O)Cc1ccc(OCCC3CC3C3CCN(c4ncc(Cl)cn4)CC3)cc1F)CC2. The molecule has 1 aliphatic carbocycles. The van der Waals surface area contributed by atoms with Gasteiger partial charge in [-0.25, -0.2) is 14.4 Å². The molecule has 8 nitrogen and oxygen atoms in total. The van der Waals surface area contributed by atoms with Crippen molar-refractivity contribution >= 4 is 23.5 Å². The van der Waals surface area contributed by atoms with Gasteiger partial charge in [0.1, 0.15) is 11.6 Å². The molecule has 6 rings (SSSR count). The van der Waals surface area contributed by atoms with Crippen molar-refractivity contribution in [3.8, 4) is 5.75 Å². The van der Waals surface area contributed by atoms with Crippen LogP contribution < -0.4 is 9.64 Å². The number of hydrogen-bond donors (Lipinski definition) is 0. The van der Waals surface area contributed by atoms with Crippen molar-refractivity contribution in [1.82, 2.24) is 24.6 Å². The third kappa shape index (κ3) is 6.58. The molecule has 0 radical (unpaired) electrons. The fourth-order valence-corrected chi connectivity index (χ4v) is 6.65. The molecule has 13 heteroatoms. The molecular weight excluding hydrogens is 588 g/mol. The maximum Gasteiger partial charge on any atom is 0.435 e. The van der Waals surface area contributed by atoms with Crippen LogP contribution in [0.15, 0.2) is 30.6 Å². The molecule has 43 heavy (non-hydrogen) atoms. The van der Waals surface area contributed by atoms with Crippen LogP contribution in [0.3, 0.4) is 0 Å². The second-order valence-electron chi connectivity index (χ2n) is 11.7. The average Bonchev–Trinajstić information content (AvgIpc) is 3.68. The number of nitrogens with zero attached hydrogens (tertiary/aromatic N) is 6. The molecule has 1 aromatic carbocycles. The molecule has 1 saturated carbocycles. The number of aromatic nitrogens is 4. The van der Waals surface area contributed by atoms with Gasteiger partial charge in [0.25, 0.3) is 0 Å². The highest BCUT2D eigenvalue weighted by atomic mass is 35.5. The van der Waals surface area contributed by atoms with Crippen molar-refractivity contribution in [3.05, 3.63) is 63.9 Å². The molecule has 2 aromatic heterocycles. The van der Waals surface area contributed by atoms with Crippen LogP contribution in [0.4, 0.5) is 23.5 Å². The largest absolute Gasteiger partial charge is 0.493 e. The highest BCUT2D eigenvalue weighted by Crippen LogP contribution is 2.50. The summed E-state index contributed by atoms with van der Waals surface area (Å²) in [4.78, 5) is 25.2. The monoisotopic (exact) mass is 620 g/mol. The van der Waals surface area contributed by atoms with E-state index in [1.165, 1.54) is 29.1 Å². The fourth-order valence-electron chi connectivity index (χ4n) is 6.55. The number of anilines is 1. The number of amides is 1. The average molecular weight is 621 g/mol. The topological polar surface area (TPSA) is 76.4 Å². The summed E-state index contributed by atoms with van der Waals surface area (Å²) in [6.45, 7) is 2.50. The van der Waals surface area contributed by atoms with Crippen LogP contribution >= 0.6 is 11.6 Å². The zero-order chi connectivity index (χ0) is 30.3. The molecule has 2 fully saturated rings. The van der Waals surface area contributed by atoms with Crippen molar-refractivity contribution < 1.29 is 27.1 Å². The lowest BCUT2D eigenvalue weighted by Crippen LogP contribution is -2.37. The minimum atomic E-state index is -4.54. The van der Waals surface area contributed by atoms with Crippen molar-refractivity contribution in [2.75, 3.05) is 31.1 Å². The van der Waals surface area contributed by atoms with Gasteiger partial charge in [-0.15, -0.1) is 0 Å². The fraction of sp³-hybridized carbons (Fsp3) is 0.533. The molecule has 3 aliphatic rings. The van der Waals surface area contributed by atoms with Gasteiger partial charge in [-0.2, -0.15) is 18.3 Å². The van der Waals surface area contributed by atoms with E-state index in [9.17, 15) is 22.4 Å². The van der Waals surface area contributed by atoms with Gasteiger partial charge in [-0.05, 0) is 61.5 Å². The Morgan fingerprint density at radius 3 is 2.58 bits per heavy atom. The summed E-state index contributed by atoms with van der Waals surface area (Å²) in [6, 6.07) is 4.50. The first-order chi connectivity index (χ1) is 20.6. The summed E-state index contributed by atoms with van der Waals surface area (Å²) in [5.41, 5.74) is -0.199. The van der Waals surface area contributed by atoms with Gasteiger partial charge in [-0.1, -0.05) is 17.7 Å². The molecule has 2 atom stereocenters. The number of carbonyl (C=O) groups excluding carboxylic acids is 1. The Balaban J connectivity index is 0.941. The molecule has 1 amide bonds. The number of ether oxygens (including phenoxy) is 1. The lowest BCUT2D eigenvalue weighted by atomic mass is 9.90. The molecule has 0 N–H and O–H groups in total. The van der Waals surface area contributed by atoms with E-state index in [-0.39, 0.29) is 43.0 Å². The standard InChI is InChI=1S/C30H33ClF4N6O2/c1-39-26-17-41(10-6-23(26)28(38-39)30(33,34)35)27(42)13-20-2-3-22(14-25(20)32)43-11-7-19-12-24(19)18-4-8-40(9-5-18)29-36-15-21(31)16-37-29/h2-3,14-16,18-19,24H,4-13,17H2,1H3. The number of hydrogen-bond acceptors (Lipinski definition) is 6. The van der Waals surface area contributed by atoms with Crippen LogP contribution in [0, 0.1) is 23.6 Å². The van der Waals surface area contributed by atoms with Crippen LogP contribution in [0.1, 0.15) is 48.2 Å². The van der Waals surface area contributed by atoms with E-state index in [4.69, 9.17) is 16.3 Å². The summed E-state index contributed by atoms with van der Waals surface area (Å²) < 4.78 is 61.7. The lowest BCUT2D eigenvalue weighted by molar-refractivity contribution is -0.142. The van der Waals surface area contributed by atoms with Crippen LogP contribution in [-0.4, -0.2) is 56.8 Å². The predicted molar refractivity (Wildman–Crippen MR) is 151 cm³/mol. The third-order valence-electron chi connectivity index (χ3n) is 9.00. The highest BCUT2D eigenvalue weighted by molar-refractivity contribution is 6.30. The van der Waals surface area contributed by atoms with Crippen molar-refractivity contribution in [1.29, 1.82) is 0 Å². The summed E-state index contributed by atoms with van der Waals surface area (Å²) in [5, 5.41) is 4.15. The molecule has 2 aliphatic heterocycles. The van der Waals surface area contributed by atoms with Crippen molar-refractivity contribution in [2.24, 2.45) is 24.8 Å². The molecule has 0 bridgehead atoms. The van der Waals surface area contributed by atoms with E-state index in [2.05, 4.69) is 20.0 Å². The van der Waals surface area contributed by atoms with E-state index in [0.29, 0.717) is 40.8 Å². The second kappa shape index (κ2) is 11.9. The van der Waals surface area contributed by atoms with E-state index < -0.39 is 17.7 Å². The second-order valence-corrected chi connectivity index (χ2v) is 12.1. The van der Waals surface area contributed by atoms with Gasteiger partial charge in [0, 0.05) is 38.3 Å². The molecule has 1 saturated heterocycles. The highest BCUT2D eigenvalue weighted by Gasteiger charge is 2.43. The van der Waals surface area contributed by atoms with Gasteiger partial charge in [0.15, 0.2) is 5.69 Å². The number of fused-ring (bicyclic) bond motifs is 1. The lowest BCUT2D eigenvalue weighted by Gasteiger charge is -2.32. The molecular formula is C30H33ClF4N6O2. The Morgan fingerprint density at radius 2 is 1.88 bits per heavy atom. The summed E-state index contributed by atoms with van der Waals surface area (Å²) in [6.07, 6.45) is 2.89. The zero-order valence-corrected chi connectivity index (χ0v) is 24.5. The first kappa shape index (κ1) is 29.7. The Kier molecular flexibility index (Phi) is 8.23. The number of rotatable bonds is 8. The minimum Gasteiger partial charge on any atom is -0.493 e. The maximum absolute atomic E-state index is 14.9. The Hall–Kier alpha value is -3.41. The number of benzene rings is 1. The number of aryl methyl sites for hydroxylation is 1. The van der Waals surface area contributed by atoms with E-state index in [1.54, 1.807) is 24.5 Å². The van der Waals surface area contributed by atoms with E-state index in [0.717, 1.165) is 38.3 Å². The van der Waals surface area contributed by atoms with E-state index >= 15 is 0 Å². The van der Waals surface area contributed by atoms with E-state index in [1.807, 2.05) is 0 Å². The third-order valence-corrected chi connectivity index (χ3v) is 9.20. The summed E-state index contributed by atoms with van der Waals surface area (Å²) in [5.74, 6) is 2.24. The maximum atomic E-state index is 14.9. The van der Waals surface area contributed by atoms with Gasteiger partial charge in [0.2, 0.25) is 11.9 Å². The Morgan fingerprint density at radius 1 is 1.14 bits per heavy atom. The van der Waals surface area contributed by atoms with Gasteiger partial charge in [0.05, 0.1) is 42.7 Å². The van der Waals surface area contributed by atoms with Crippen LogP contribution in [0.25, 0.3) is 0 Å². The number of piperidine rings is 1. The molecule has 230 valence electrons. The van der Waals surface area contributed by atoms with Gasteiger partial charge in [-0.3, -0.25) is 9.48 Å². The smallest absolute Gasteiger partial charge is 0.435 e. The quantitative estimate of drug-likeness (QED) is 0.311. The van der Waals surface area contributed by atoms with Gasteiger partial charge < -0.3 is 14.5 Å². The number of halogens is 5. The molecule has 0 spiro atoms. The molecule has 2 unspecified atom stereocenters. The normalized spacial score (nSPS) is 20.7. The number of carbonyl (C=O) groups is 1. The van der Waals surface area contributed by atoms with Gasteiger partial charge >= 0.3 is 6.18 Å². The van der Waals surface area contributed by atoms with Crippen molar-refractivity contribution in [2.45, 2.75) is 51.2 Å². The first-order valence-electron chi connectivity index (χ1n) is 14.6. The Labute approximate surface area is 252 Å². The van der Waals surface area contributed by atoms with Crippen molar-refractivity contribution in [3.63, 3.8) is 0 Å². The molecule has 3 aromatic rings. The van der Waals surface area contributed by atoms with Crippen LogP contribution in [0.2, 0.25) is 5.02 Å². The van der Waals surface area contributed by atoms with Crippen LogP contribution in [-0.2, 0) is 37.4 Å². The predicted octanol–water partition coefficient (Wildman–Crippen LogP) is 5.47. The Bertz CT molecular complexity index is 1470. The first-order valence-corrected chi connectivity index (χ1v) is 15.0. The number of alkyl halides is 3. The molecule has 4 heterocycles. The minimum absolute atomic E-state index is 0.00853. The summed E-state index contributed by atoms with van der Waals surface area (Å²) >= 11 is 5.89. The zero-order valence-electron chi connectivity index (χ0n) is 23.8.